The molecule has 0 spiro atoms. The number of benzene rings is 1. The van der Waals surface area contributed by atoms with Gasteiger partial charge in [0.25, 0.3) is 5.91 Å². The van der Waals surface area contributed by atoms with Gasteiger partial charge in [0.2, 0.25) is 0 Å². The molecule has 1 unspecified atom stereocenters. The zero-order chi connectivity index (χ0) is 18.5. The Morgan fingerprint density at radius 1 is 1.15 bits per heavy atom. The molecule has 1 aromatic carbocycles. The Hall–Kier alpha value is -3.03. The van der Waals surface area contributed by atoms with E-state index in [0.717, 1.165) is 25.2 Å². The molecule has 1 amide bonds. The molecule has 0 bridgehead atoms. The highest BCUT2D eigenvalue weighted by molar-refractivity contribution is 5.96. The second-order valence-corrected chi connectivity index (χ2v) is 5.89. The molecule has 1 aliphatic rings. The Bertz CT molecular complexity index is 780. The van der Waals surface area contributed by atoms with Crippen molar-refractivity contribution in [3.8, 4) is 6.01 Å². The predicted octanol–water partition coefficient (Wildman–Crippen LogP) is 2.09. The topological polar surface area (TPSA) is 81.6 Å². The summed E-state index contributed by atoms with van der Waals surface area (Å²) in [5.41, 5.74) is 0.869. The maximum Gasteiger partial charge on any atom is 0.337 e. The lowest BCUT2D eigenvalue weighted by molar-refractivity contribution is 0.0514. The van der Waals surface area contributed by atoms with Crippen molar-refractivity contribution in [2.45, 2.75) is 18.9 Å². The first-order chi connectivity index (χ1) is 12.6. The van der Waals surface area contributed by atoms with Crippen molar-refractivity contribution in [3.63, 3.8) is 0 Å². The molecule has 136 valence electrons. The van der Waals surface area contributed by atoms with Gasteiger partial charge in [-0.15, -0.1) is 0 Å². The van der Waals surface area contributed by atoms with Crippen LogP contribution in [0.2, 0.25) is 0 Å². The Morgan fingerprint density at radius 2 is 1.81 bits per heavy atom. The summed E-state index contributed by atoms with van der Waals surface area (Å²) in [7, 11) is 1.31. The van der Waals surface area contributed by atoms with Crippen LogP contribution in [0.5, 0.6) is 6.01 Å². The number of nitrogens with zero attached hydrogens (tertiary/aromatic N) is 3. The van der Waals surface area contributed by atoms with Gasteiger partial charge >= 0.3 is 12.0 Å². The number of esters is 1. The third-order valence-corrected chi connectivity index (χ3v) is 4.09. The summed E-state index contributed by atoms with van der Waals surface area (Å²) in [5, 5.41) is 0. The number of carbonyl (C=O) groups excluding carboxylic acids is 2. The molecule has 0 radical (unpaired) electrons. The van der Waals surface area contributed by atoms with Gasteiger partial charge in [-0.25, -0.2) is 19.2 Å². The lowest BCUT2D eigenvalue weighted by Crippen LogP contribution is -2.44. The molecule has 0 aliphatic carbocycles. The third-order valence-electron chi connectivity index (χ3n) is 4.09. The van der Waals surface area contributed by atoms with Gasteiger partial charge in [-0.05, 0) is 37.1 Å². The molecular formula is C18H18FN3O4. The van der Waals surface area contributed by atoms with Crippen LogP contribution < -0.4 is 4.74 Å². The molecule has 26 heavy (non-hydrogen) atoms. The van der Waals surface area contributed by atoms with E-state index < -0.39 is 11.8 Å². The quantitative estimate of drug-likeness (QED) is 0.778. The molecule has 0 saturated carbocycles. The first kappa shape index (κ1) is 17.8. The summed E-state index contributed by atoms with van der Waals surface area (Å²) in [6.07, 6.45) is 3.35. The van der Waals surface area contributed by atoms with Crippen LogP contribution in [0.4, 0.5) is 4.39 Å². The minimum atomic E-state index is -0.534. The van der Waals surface area contributed by atoms with E-state index in [4.69, 9.17) is 4.74 Å². The minimum absolute atomic E-state index is 0.0909. The number of piperidine rings is 1. The summed E-state index contributed by atoms with van der Waals surface area (Å²) >= 11 is 0. The molecule has 2 aromatic rings. The van der Waals surface area contributed by atoms with E-state index >= 15 is 0 Å². The van der Waals surface area contributed by atoms with Crippen LogP contribution in [0.3, 0.4) is 0 Å². The van der Waals surface area contributed by atoms with Gasteiger partial charge < -0.3 is 14.4 Å². The second kappa shape index (κ2) is 7.90. The fraction of sp³-hybridized carbons (Fsp3) is 0.333. The van der Waals surface area contributed by atoms with Crippen LogP contribution >= 0.6 is 0 Å². The maximum absolute atomic E-state index is 12.9. The monoisotopic (exact) mass is 359 g/mol. The van der Waals surface area contributed by atoms with Crippen molar-refractivity contribution in [2.75, 3.05) is 20.2 Å². The van der Waals surface area contributed by atoms with Gasteiger partial charge in [-0.3, -0.25) is 4.79 Å². The lowest BCUT2D eigenvalue weighted by Gasteiger charge is -2.32. The van der Waals surface area contributed by atoms with Crippen LogP contribution in [0.15, 0.2) is 36.7 Å². The number of halogens is 1. The number of ether oxygens (including phenoxy) is 2. The molecule has 1 aromatic heterocycles. The van der Waals surface area contributed by atoms with Crippen molar-refractivity contribution >= 4 is 11.9 Å². The average Bonchev–Trinajstić information content (AvgIpc) is 2.69. The molecule has 0 N–H and O–H groups in total. The number of hydrogen-bond donors (Lipinski definition) is 0. The molecular weight excluding hydrogens is 341 g/mol. The smallest absolute Gasteiger partial charge is 0.337 e. The van der Waals surface area contributed by atoms with E-state index in [1.165, 1.54) is 7.11 Å². The fourth-order valence-corrected chi connectivity index (χ4v) is 2.78. The number of rotatable bonds is 4. The van der Waals surface area contributed by atoms with E-state index in [-0.39, 0.29) is 18.0 Å². The van der Waals surface area contributed by atoms with Gasteiger partial charge in [0.15, 0.2) is 5.82 Å². The van der Waals surface area contributed by atoms with Gasteiger partial charge in [-0.2, -0.15) is 0 Å². The summed E-state index contributed by atoms with van der Waals surface area (Å²) in [6.45, 7) is 1.00. The second-order valence-electron chi connectivity index (χ2n) is 5.89. The molecule has 2 heterocycles. The van der Waals surface area contributed by atoms with E-state index in [1.54, 1.807) is 29.2 Å². The van der Waals surface area contributed by atoms with Crippen molar-refractivity contribution in [2.24, 2.45) is 0 Å². The van der Waals surface area contributed by atoms with Gasteiger partial charge in [0.1, 0.15) is 6.10 Å². The van der Waals surface area contributed by atoms with E-state index in [0.29, 0.717) is 24.2 Å². The van der Waals surface area contributed by atoms with Crippen LogP contribution in [-0.2, 0) is 4.74 Å². The Balaban J connectivity index is 1.64. The first-order valence-corrected chi connectivity index (χ1v) is 8.18. The summed E-state index contributed by atoms with van der Waals surface area (Å²) < 4.78 is 23.2. The van der Waals surface area contributed by atoms with Gasteiger partial charge in [0, 0.05) is 12.1 Å². The predicted molar refractivity (Wildman–Crippen MR) is 89.3 cm³/mol. The molecule has 1 atom stereocenters. The third kappa shape index (κ3) is 4.14. The van der Waals surface area contributed by atoms with Gasteiger partial charge in [0.05, 0.1) is 31.6 Å². The molecule has 8 heteroatoms. The first-order valence-electron chi connectivity index (χ1n) is 8.18. The van der Waals surface area contributed by atoms with Crippen molar-refractivity contribution < 1.29 is 23.5 Å². The van der Waals surface area contributed by atoms with Crippen molar-refractivity contribution in [3.05, 3.63) is 53.6 Å². The maximum atomic E-state index is 12.9. The number of hydrogen-bond acceptors (Lipinski definition) is 6. The van der Waals surface area contributed by atoms with Crippen LogP contribution in [0, 0.1) is 5.82 Å². The van der Waals surface area contributed by atoms with Crippen LogP contribution in [0.25, 0.3) is 0 Å². The number of likely N-dealkylation sites (tertiary alicyclic amines) is 1. The molecule has 1 aliphatic heterocycles. The fourth-order valence-electron chi connectivity index (χ4n) is 2.78. The number of methoxy groups -OCH3 is 1. The molecule has 7 nitrogen and oxygen atoms in total. The molecule has 1 saturated heterocycles. The van der Waals surface area contributed by atoms with E-state index in [1.807, 2.05) is 0 Å². The number of amides is 1. The standard InChI is InChI=1S/C18H18FN3O4/c1-25-17(24)13-6-4-12(5-7-13)16(23)22-8-2-3-15(11-22)26-18-20-9-14(19)10-21-18/h4-7,9-10,15H,2-3,8,11H2,1H3. The van der Waals surface area contributed by atoms with Crippen molar-refractivity contribution in [1.29, 1.82) is 0 Å². The molecule has 1 fully saturated rings. The van der Waals surface area contributed by atoms with E-state index in [2.05, 4.69) is 14.7 Å². The van der Waals surface area contributed by atoms with E-state index in [9.17, 15) is 14.0 Å². The average molecular weight is 359 g/mol. The van der Waals surface area contributed by atoms with Crippen LogP contribution in [-0.4, -0.2) is 53.0 Å². The normalized spacial score (nSPS) is 16.8. The SMILES string of the molecule is COC(=O)c1ccc(C(=O)N2CCCC(Oc3ncc(F)cn3)C2)cc1. The summed E-state index contributed by atoms with van der Waals surface area (Å²) in [6, 6.07) is 6.41. The minimum Gasteiger partial charge on any atom is -0.465 e. The zero-order valence-corrected chi connectivity index (χ0v) is 14.2. The number of carbonyl (C=O) groups is 2. The Labute approximate surface area is 149 Å². The zero-order valence-electron chi connectivity index (χ0n) is 14.2. The highest BCUT2D eigenvalue weighted by Gasteiger charge is 2.26. The van der Waals surface area contributed by atoms with Crippen LogP contribution in [0.1, 0.15) is 33.6 Å². The Morgan fingerprint density at radius 3 is 2.46 bits per heavy atom. The summed E-state index contributed by atoms with van der Waals surface area (Å²) in [4.78, 5) is 33.4. The molecule has 3 rings (SSSR count). The Kier molecular flexibility index (Phi) is 5.40. The number of aromatic nitrogens is 2. The summed E-state index contributed by atoms with van der Waals surface area (Å²) in [5.74, 6) is -1.13. The highest BCUT2D eigenvalue weighted by atomic mass is 19.1. The lowest BCUT2D eigenvalue weighted by atomic mass is 10.1. The largest absolute Gasteiger partial charge is 0.465 e. The van der Waals surface area contributed by atoms with Crippen molar-refractivity contribution in [1.82, 2.24) is 14.9 Å². The highest BCUT2D eigenvalue weighted by Crippen LogP contribution is 2.18. The van der Waals surface area contributed by atoms with Gasteiger partial charge in [-0.1, -0.05) is 0 Å².